The third kappa shape index (κ3) is 2.37. The van der Waals surface area contributed by atoms with E-state index in [2.05, 4.69) is 0 Å². The van der Waals surface area contributed by atoms with Crippen molar-refractivity contribution in [1.82, 2.24) is 0 Å². The molecule has 0 saturated heterocycles. The Morgan fingerprint density at radius 3 is 2.28 bits per heavy atom. The second-order valence-corrected chi connectivity index (χ2v) is 5.69. The van der Waals surface area contributed by atoms with Crippen LogP contribution in [0.15, 0.2) is 60.7 Å². The predicted octanol–water partition coefficient (Wildman–Crippen LogP) is 3.01. The summed E-state index contributed by atoms with van der Waals surface area (Å²) in [5.74, 6) is -0.161. The Hall–Kier alpha value is -3.18. The zero-order valence-electron chi connectivity index (χ0n) is 13.3. The molecule has 0 bridgehead atoms. The Kier molecular flexibility index (Phi) is 3.71. The predicted molar refractivity (Wildman–Crippen MR) is 94.1 cm³/mol. The van der Waals surface area contributed by atoms with E-state index in [0.717, 1.165) is 0 Å². The van der Waals surface area contributed by atoms with Crippen LogP contribution in [-0.4, -0.2) is 30.1 Å². The fourth-order valence-corrected chi connectivity index (χ4v) is 3.16. The van der Waals surface area contributed by atoms with Crippen LogP contribution in [0, 0.1) is 0 Å². The van der Waals surface area contributed by atoms with Gasteiger partial charge in [0.05, 0.1) is 12.3 Å². The number of rotatable bonds is 4. The summed E-state index contributed by atoms with van der Waals surface area (Å²) in [5.41, 5.74) is 1.47. The zero-order chi connectivity index (χ0) is 17.4. The molecule has 1 N–H and O–H groups in total. The van der Waals surface area contributed by atoms with Crippen LogP contribution in [-0.2, 0) is 0 Å². The van der Waals surface area contributed by atoms with E-state index >= 15 is 0 Å². The molecule has 2 amide bonds. The number of para-hydroxylation sites is 1. The van der Waals surface area contributed by atoms with Gasteiger partial charge in [-0.15, -0.1) is 0 Å². The number of imide groups is 1. The highest BCUT2D eigenvalue weighted by Crippen LogP contribution is 2.36. The Balaban J connectivity index is 1.92. The van der Waals surface area contributed by atoms with E-state index in [1.165, 1.54) is 4.90 Å². The summed E-state index contributed by atoms with van der Waals surface area (Å²) in [5, 5.41) is 10.3. The van der Waals surface area contributed by atoms with Crippen molar-refractivity contribution in [2.24, 2.45) is 0 Å². The second kappa shape index (κ2) is 6.03. The van der Waals surface area contributed by atoms with Crippen LogP contribution >= 0.6 is 0 Å². The van der Waals surface area contributed by atoms with Gasteiger partial charge >= 0.3 is 0 Å². The summed E-state index contributed by atoms with van der Waals surface area (Å²) in [6, 6.07) is 17.6. The highest BCUT2D eigenvalue weighted by atomic mass is 16.5. The molecule has 1 heterocycles. The molecule has 124 valence electrons. The smallest absolute Gasteiger partial charge is 0.265 e. The van der Waals surface area contributed by atoms with Crippen LogP contribution in [0.3, 0.4) is 0 Å². The number of carbonyl (C=O) groups is 2. The van der Waals surface area contributed by atoms with Gasteiger partial charge in [-0.05, 0) is 30.3 Å². The lowest BCUT2D eigenvalue weighted by Crippen LogP contribution is -2.40. The summed E-state index contributed by atoms with van der Waals surface area (Å²) in [6.07, 6.45) is 0. The van der Waals surface area contributed by atoms with Crippen molar-refractivity contribution in [3.8, 4) is 5.75 Å². The van der Waals surface area contributed by atoms with E-state index in [9.17, 15) is 9.59 Å². The van der Waals surface area contributed by atoms with E-state index < -0.39 is 0 Å². The Bertz CT molecular complexity index is 959. The average Bonchev–Trinajstić information content (AvgIpc) is 2.65. The molecule has 1 aliphatic heterocycles. The highest BCUT2D eigenvalue weighted by molar-refractivity contribution is 6.36. The molecule has 0 unspecified atom stereocenters. The van der Waals surface area contributed by atoms with E-state index in [1.54, 1.807) is 48.5 Å². The lowest BCUT2D eigenvalue weighted by Gasteiger charge is -2.27. The number of nitrogens with zero attached hydrogens (tertiary/aromatic N) is 1. The molecule has 0 atom stereocenters. The molecule has 0 spiro atoms. The van der Waals surface area contributed by atoms with Gasteiger partial charge in [0.15, 0.2) is 0 Å². The lowest BCUT2D eigenvalue weighted by molar-refractivity contribution is 0.0893. The Labute approximate surface area is 144 Å². The molecule has 0 aliphatic carbocycles. The van der Waals surface area contributed by atoms with Crippen LogP contribution in [0.25, 0.3) is 10.8 Å². The van der Waals surface area contributed by atoms with Gasteiger partial charge in [-0.1, -0.05) is 30.3 Å². The zero-order valence-corrected chi connectivity index (χ0v) is 13.3. The number of aliphatic hydroxyl groups is 1. The number of ether oxygens (including phenoxy) is 1. The second-order valence-electron chi connectivity index (χ2n) is 5.69. The van der Waals surface area contributed by atoms with Gasteiger partial charge < -0.3 is 9.84 Å². The maximum absolute atomic E-state index is 13.0. The largest absolute Gasteiger partial charge is 0.491 e. The Morgan fingerprint density at radius 1 is 0.840 bits per heavy atom. The molecule has 5 nitrogen and oxygen atoms in total. The molecule has 5 heteroatoms. The number of anilines is 1. The summed E-state index contributed by atoms with van der Waals surface area (Å²) < 4.78 is 5.54. The van der Waals surface area contributed by atoms with Gasteiger partial charge in [0.1, 0.15) is 12.4 Å². The standard InChI is InChI=1S/C20H15NO4/c22-11-12-25-17-10-9-16-18-14(17)7-4-8-15(18)19(23)21(20(16)24)13-5-2-1-3-6-13/h1-10,22H,11-12H2. The summed E-state index contributed by atoms with van der Waals surface area (Å²) in [7, 11) is 0. The van der Waals surface area contributed by atoms with Crippen molar-refractivity contribution < 1.29 is 19.4 Å². The normalized spacial score (nSPS) is 13.4. The minimum atomic E-state index is -0.353. The van der Waals surface area contributed by atoms with Gasteiger partial charge in [-0.2, -0.15) is 0 Å². The first kappa shape index (κ1) is 15.4. The molecule has 3 aromatic rings. The van der Waals surface area contributed by atoms with Crippen LogP contribution < -0.4 is 9.64 Å². The molecule has 0 saturated carbocycles. The number of benzene rings is 3. The maximum atomic E-state index is 13.0. The topological polar surface area (TPSA) is 66.8 Å². The molecule has 3 aromatic carbocycles. The molecular formula is C20H15NO4. The van der Waals surface area contributed by atoms with Crippen molar-refractivity contribution in [3.63, 3.8) is 0 Å². The monoisotopic (exact) mass is 333 g/mol. The van der Waals surface area contributed by atoms with Crippen molar-refractivity contribution in [2.45, 2.75) is 0 Å². The highest BCUT2D eigenvalue weighted by Gasteiger charge is 2.34. The van der Waals surface area contributed by atoms with Crippen molar-refractivity contribution >= 4 is 28.3 Å². The molecule has 0 fully saturated rings. The van der Waals surface area contributed by atoms with Crippen molar-refractivity contribution in [3.05, 3.63) is 71.8 Å². The summed E-state index contributed by atoms with van der Waals surface area (Å²) >= 11 is 0. The summed E-state index contributed by atoms with van der Waals surface area (Å²) in [4.78, 5) is 27.1. The van der Waals surface area contributed by atoms with Crippen LogP contribution in [0.2, 0.25) is 0 Å². The van der Waals surface area contributed by atoms with Crippen LogP contribution in [0.5, 0.6) is 5.75 Å². The van der Waals surface area contributed by atoms with Crippen LogP contribution in [0.4, 0.5) is 5.69 Å². The van der Waals surface area contributed by atoms with Crippen molar-refractivity contribution in [1.29, 1.82) is 0 Å². The average molecular weight is 333 g/mol. The first-order valence-electron chi connectivity index (χ1n) is 7.95. The SMILES string of the molecule is O=C1c2cccc3c(OCCO)ccc(c23)C(=O)N1c1ccccc1. The molecule has 1 aliphatic rings. The fraction of sp³-hybridized carbons (Fsp3) is 0.100. The van der Waals surface area contributed by atoms with Gasteiger partial charge in [0.25, 0.3) is 11.8 Å². The number of aliphatic hydroxyl groups excluding tert-OH is 1. The van der Waals surface area contributed by atoms with Gasteiger partial charge in [0.2, 0.25) is 0 Å². The third-order valence-corrected chi connectivity index (χ3v) is 4.23. The molecule has 25 heavy (non-hydrogen) atoms. The molecular weight excluding hydrogens is 318 g/mol. The van der Waals surface area contributed by atoms with Gasteiger partial charge in [0, 0.05) is 21.9 Å². The number of hydrogen-bond donors (Lipinski definition) is 1. The van der Waals surface area contributed by atoms with Crippen molar-refractivity contribution in [2.75, 3.05) is 18.1 Å². The van der Waals surface area contributed by atoms with Gasteiger partial charge in [-0.3, -0.25) is 9.59 Å². The third-order valence-electron chi connectivity index (χ3n) is 4.23. The first-order chi connectivity index (χ1) is 12.2. The molecule has 4 rings (SSSR count). The minimum Gasteiger partial charge on any atom is -0.491 e. The minimum absolute atomic E-state index is 0.109. The number of amides is 2. The van der Waals surface area contributed by atoms with E-state index in [0.29, 0.717) is 33.3 Å². The first-order valence-corrected chi connectivity index (χ1v) is 7.95. The van der Waals surface area contributed by atoms with Crippen LogP contribution in [0.1, 0.15) is 20.7 Å². The Morgan fingerprint density at radius 2 is 1.56 bits per heavy atom. The maximum Gasteiger partial charge on any atom is 0.265 e. The van der Waals surface area contributed by atoms with E-state index in [4.69, 9.17) is 9.84 Å². The van der Waals surface area contributed by atoms with E-state index in [-0.39, 0.29) is 25.0 Å². The molecule has 0 radical (unpaired) electrons. The quantitative estimate of drug-likeness (QED) is 0.745. The van der Waals surface area contributed by atoms with Gasteiger partial charge in [-0.25, -0.2) is 4.90 Å². The van der Waals surface area contributed by atoms with E-state index in [1.807, 2.05) is 12.1 Å². The fourth-order valence-electron chi connectivity index (χ4n) is 3.16. The number of carbonyl (C=O) groups excluding carboxylic acids is 2. The summed E-state index contributed by atoms with van der Waals surface area (Å²) in [6.45, 7) is 0.0410. The molecule has 0 aromatic heterocycles. The lowest BCUT2D eigenvalue weighted by atomic mass is 9.93. The number of hydrogen-bond acceptors (Lipinski definition) is 4.